The largest absolute Gasteiger partial charge is 0.326 e. The molecule has 0 bridgehead atoms. The molecule has 1 aromatic carbocycles. The molecule has 0 radical (unpaired) electrons. The Kier molecular flexibility index (Phi) is 5.41. The summed E-state index contributed by atoms with van der Waals surface area (Å²) in [7, 11) is 0. The van der Waals surface area contributed by atoms with Crippen LogP contribution in [0.15, 0.2) is 24.3 Å². The number of imide groups is 1. The molecule has 1 saturated heterocycles. The predicted molar refractivity (Wildman–Crippen MR) is 101 cm³/mol. The Balaban J connectivity index is 1.69. The average molecular weight is 357 g/mol. The second-order valence-electron chi connectivity index (χ2n) is 7.59. The van der Waals surface area contributed by atoms with Crippen molar-refractivity contribution in [2.45, 2.75) is 58.5 Å². The van der Waals surface area contributed by atoms with Gasteiger partial charge in [0.25, 0.3) is 5.91 Å². The molecule has 1 heterocycles. The normalized spacial score (nSPS) is 29.1. The van der Waals surface area contributed by atoms with Gasteiger partial charge in [0.2, 0.25) is 11.8 Å². The lowest BCUT2D eigenvalue weighted by atomic mass is 9.78. The van der Waals surface area contributed by atoms with E-state index in [0.717, 1.165) is 12.8 Å². The van der Waals surface area contributed by atoms with E-state index in [4.69, 9.17) is 0 Å². The van der Waals surface area contributed by atoms with Crippen LogP contribution >= 0.6 is 0 Å². The standard InChI is InChI=1S/C20H27N3O3/c1-12-5-4-6-17(13(12)2)22-18-11-19(25)23(20(18)26)16-9-7-15(8-10-16)21-14(3)24/h7-10,12-13,17-18,22H,4-6,11H2,1-3H3,(H,21,24)/t12-,13-,17-,18-/m1/s1. The average Bonchev–Trinajstić information content (AvgIpc) is 2.86. The highest BCUT2D eigenvalue weighted by Crippen LogP contribution is 2.31. The smallest absolute Gasteiger partial charge is 0.251 e. The first-order chi connectivity index (χ1) is 12.4. The second kappa shape index (κ2) is 7.58. The topological polar surface area (TPSA) is 78.5 Å². The van der Waals surface area contributed by atoms with Crippen LogP contribution in [0.25, 0.3) is 0 Å². The van der Waals surface area contributed by atoms with Crippen molar-refractivity contribution in [2.75, 3.05) is 10.2 Å². The minimum atomic E-state index is -0.449. The number of nitrogens with one attached hydrogen (secondary N) is 2. The fourth-order valence-electron chi connectivity index (χ4n) is 4.01. The van der Waals surface area contributed by atoms with E-state index in [1.54, 1.807) is 24.3 Å². The van der Waals surface area contributed by atoms with Crippen LogP contribution in [-0.4, -0.2) is 29.8 Å². The Labute approximate surface area is 154 Å². The summed E-state index contributed by atoms with van der Waals surface area (Å²) in [5, 5.41) is 6.12. The summed E-state index contributed by atoms with van der Waals surface area (Å²) in [5.74, 6) is 0.596. The first-order valence-corrected chi connectivity index (χ1v) is 9.37. The maximum atomic E-state index is 12.8. The molecule has 3 amide bonds. The lowest BCUT2D eigenvalue weighted by molar-refractivity contribution is -0.122. The van der Waals surface area contributed by atoms with Gasteiger partial charge in [-0.1, -0.05) is 26.7 Å². The van der Waals surface area contributed by atoms with Crippen LogP contribution in [0.1, 0.15) is 46.5 Å². The number of rotatable bonds is 4. The van der Waals surface area contributed by atoms with Crippen LogP contribution in [0.4, 0.5) is 11.4 Å². The Morgan fingerprint density at radius 3 is 2.46 bits per heavy atom. The lowest BCUT2D eigenvalue weighted by Crippen LogP contribution is -2.48. The summed E-state index contributed by atoms with van der Waals surface area (Å²) in [4.78, 5) is 37.6. The summed E-state index contributed by atoms with van der Waals surface area (Å²) in [6.07, 6.45) is 3.63. The van der Waals surface area contributed by atoms with E-state index in [0.29, 0.717) is 23.2 Å². The third-order valence-electron chi connectivity index (χ3n) is 5.71. The van der Waals surface area contributed by atoms with Crippen molar-refractivity contribution in [3.8, 4) is 0 Å². The van der Waals surface area contributed by atoms with Crippen molar-refractivity contribution in [3.63, 3.8) is 0 Å². The summed E-state index contributed by atoms with van der Waals surface area (Å²) in [6, 6.07) is 6.60. The third kappa shape index (κ3) is 3.80. The Bertz CT molecular complexity index is 701. The van der Waals surface area contributed by atoms with E-state index in [2.05, 4.69) is 24.5 Å². The third-order valence-corrected chi connectivity index (χ3v) is 5.71. The van der Waals surface area contributed by atoms with Crippen molar-refractivity contribution < 1.29 is 14.4 Å². The van der Waals surface area contributed by atoms with E-state index in [9.17, 15) is 14.4 Å². The molecule has 26 heavy (non-hydrogen) atoms. The zero-order valence-electron chi connectivity index (χ0n) is 15.6. The highest BCUT2D eigenvalue weighted by Gasteiger charge is 2.41. The summed E-state index contributed by atoms with van der Waals surface area (Å²) >= 11 is 0. The first kappa shape index (κ1) is 18.6. The molecule has 2 N–H and O–H groups in total. The SMILES string of the molecule is CC(=O)Nc1ccc(N2C(=O)C[C@@H](N[C@@H]3CCC[C@@H](C)[C@H]3C)C2=O)cc1. The van der Waals surface area contributed by atoms with Gasteiger partial charge in [0.15, 0.2) is 0 Å². The molecule has 0 aromatic heterocycles. The molecule has 1 saturated carbocycles. The van der Waals surface area contributed by atoms with Gasteiger partial charge in [0.1, 0.15) is 0 Å². The molecule has 3 rings (SSSR count). The van der Waals surface area contributed by atoms with E-state index in [1.165, 1.54) is 18.2 Å². The van der Waals surface area contributed by atoms with Gasteiger partial charge in [-0.15, -0.1) is 0 Å². The molecule has 1 aromatic rings. The number of amides is 3. The Morgan fingerprint density at radius 1 is 1.12 bits per heavy atom. The molecular formula is C20H27N3O3. The van der Waals surface area contributed by atoms with E-state index in [1.807, 2.05) is 0 Å². The highest BCUT2D eigenvalue weighted by atomic mass is 16.2. The lowest BCUT2D eigenvalue weighted by Gasteiger charge is -2.36. The van der Waals surface area contributed by atoms with Crippen molar-refractivity contribution >= 4 is 29.1 Å². The fraction of sp³-hybridized carbons (Fsp3) is 0.550. The molecule has 4 atom stereocenters. The molecule has 2 fully saturated rings. The maximum Gasteiger partial charge on any atom is 0.251 e. The molecule has 1 aliphatic heterocycles. The molecule has 2 aliphatic rings. The molecule has 0 spiro atoms. The Hall–Kier alpha value is -2.21. The van der Waals surface area contributed by atoms with E-state index < -0.39 is 6.04 Å². The van der Waals surface area contributed by atoms with Crippen LogP contribution in [0, 0.1) is 11.8 Å². The number of nitrogens with zero attached hydrogens (tertiary/aromatic N) is 1. The van der Waals surface area contributed by atoms with Crippen LogP contribution < -0.4 is 15.5 Å². The molecule has 1 aliphatic carbocycles. The van der Waals surface area contributed by atoms with Gasteiger partial charge in [0.05, 0.1) is 18.2 Å². The van der Waals surface area contributed by atoms with Gasteiger partial charge in [-0.2, -0.15) is 0 Å². The Morgan fingerprint density at radius 2 is 1.81 bits per heavy atom. The van der Waals surface area contributed by atoms with E-state index in [-0.39, 0.29) is 30.2 Å². The number of benzene rings is 1. The summed E-state index contributed by atoms with van der Waals surface area (Å²) in [5.41, 5.74) is 1.18. The number of carbonyl (C=O) groups is 3. The minimum Gasteiger partial charge on any atom is -0.326 e. The van der Waals surface area contributed by atoms with Crippen LogP contribution in [0.2, 0.25) is 0 Å². The summed E-state index contributed by atoms with van der Waals surface area (Å²) < 4.78 is 0. The zero-order valence-corrected chi connectivity index (χ0v) is 15.6. The van der Waals surface area contributed by atoms with Crippen LogP contribution in [0.3, 0.4) is 0 Å². The van der Waals surface area contributed by atoms with Gasteiger partial charge >= 0.3 is 0 Å². The van der Waals surface area contributed by atoms with Gasteiger partial charge < -0.3 is 10.6 Å². The monoisotopic (exact) mass is 357 g/mol. The molecular weight excluding hydrogens is 330 g/mol. The van der Waals surface area contributed by atoms with Crippen molar-refractivity contribution in [1.29, 1.82) is 0 Å². The number of carbonyl (C=O) groups excluding carboxylic acids is 3. The number of hydrogen-bond donors (Lipinski definition) is 2. The number of anilines is 2. The first-order valence-electron chi connectivity index (χ1n) is 9.37. The fourth-order valence-corrected chi connectivity index (χ4v) is 4.01. The zero-order chi connectivity index (χ0) is 18.8. The molecule has 140 valence electrons. The molecule has 6 nitrogen and oxygen atoms in total. The van der Waals surface area contributed by atoms with Gasteiger partial charge in [0, 0.05) is 18.7 Å². The van der Waals surface area contributed by atoms with Crippen LogP contribution in [0.5, 0.6) is 0 Å². The second-order valence-corrected chi connectivity index (χ2v) is 7.59. The minimum absolute atomic E-state index is 0.161. The maximum absolute atomic E-state index is 12.8. The van der Waals surface area contributed by atoms with Gasteiger partial charge in [-0.25, -0.2) is 4.90 Å². The van der Waals surface area contributed by atoms with Crippen molar-refractivity contribution in [2.24, 2.45) is 11.8 Å². The molecule has 6 heteroatoms. The van der Waals surface area contributed by atoms with Crippen LogP contribution in [-0.2, 0) is 14.4 Å². The quantitative estimate of drug-likeness (QED) is 0.812. The van der Waals surface area contributed by atoms with Crippen molar-refractivity contribution in [3.05, 3.63) is 24.3 Å². The summed E-state index contributed by atoms with van der Waals surface area (Å²) in [6.45, 7) is 5.91. The van der Waals surface area contributed by atoms with Gasteiger partial charge in [-0.3, -0.25) is 14.4 Å². The van der Waals surface area contributed by atoms with E-state index >= 15 is 0 Å². The highest BCUT2D eigenvalue weighted by molar-refractivity contribution is 6.22. The number of hydrogen-bond acceptors (Lipinski definition) is 4. The molecule has 0 unspecified atom stereocenters. The predicted octanol–water partition coefficient (Wildman–Crippen LogP) is 2.69. The van der Waals surface area contributed by atoms with Gasteiger partial charge in [-0.05, 0) is 42.5 Å². The van der Waals surface area contributed by atoms with Crippen molar-refractivity contribution in [1.82, 2.24) is 5.32 Å².